The van der Waals surface area contributed by atoms with Crippen molar-refractivity contribution in [1.29, 1.82) is 0 Å². The molecule has 1 aliphatic heterocycles. The fourth-order valence-corrected chi connectivity index (χ4v) is 3.51. The number of benzene rings is 2. The third kappa shape index (κ3) is 3.18. The van der Waals surface area contributed by atoms with Crippen LogP contribution in [0.15, 0.2) is 59.8 Å². The van der Waals surface area contributed by atoms with Crippen molar-refractivity contribution in [2.45, 2.75) is 13.0 Å². The fourth-order valence-electron chi connectivity index (χ4n) is 3.51. The maximum absolute atomic E-state index is 12.3. The summed E-state index contributed by atoms with van der Waals surface area (Å²) in [6, 6.07) is 14.5. The number of nitrogens with zero attached hydrogens (tertiary/aromatic N) is 3. The summed E-state index contributed by atoms with van der Waals surface area (Å²) in [4.78, 5) is 16.9. The molecule has 3 aromatic rings. The summed E-state index contributed by atoms with van der Waals surface area (Å²) >= 11 is 0. The maximum atomic E-state index is 12.3. The van der Waals surface area contributed by atoms with Gasteiger partial charge in [-0.05, 0) is 36.8 Å². The molecule has 0 saturated carbocycles. The number of hydrogen-bond donors (Lipinski definition) is 2. The highest BCUT2D eigenvalue weighted by molar-refractivity contribution is 5.95. The van der Waals surface area contributed by atoms with Gasteiger partial charge in [0.05, 0.1) is 25.4 Å². The minimum absolute atomic E-state index is 0.430. The third-order valence-corrected chi connectivity index (χ3v) is 4.90. The number of ether oxygens (including phenoxy) is 2. The number of nitrogens with two attached hydrogens (primary N) is 1. The van der Waals surface area contributed by atoms with Crippen molar-refractivity contribution in [1.82, 2.24) is 14.8 Å². The Labute approximate surface area is 168 Å². The second-order valence-corrected chi connectivity index (χ2v) is 6.61. The van der Waals surface area contributed by atoms with Crippen LogP contribution in [0, 0.1) is 0 Å². The number of aromatic nitrogens is 3. The van der Waals surface area contributed by atoms with Gasteiger partial charge in [0.25, 0.3) is 0 Å². The molecule has 0 fully saturated rings. The maximum Gasteiger partial charge on any atom is 0.248 e. The van der Waals surface area contributed by atoms with Crippen LogP contribution in [0.3, 0.4) is 0 Å². The molecule has 4 rings (SSSR count). The number of nitrogens with one attached hydrogen (secondary N) is 1. The molecule has 0 unspecified atom stereocenters. The van der Waals surface area contributed by atoms with Gasteiger partial charge < -0.3 is 20.5 Å². The van der Waals surface area contributed by atoms with Crippen LogP contribution in [-0.4, -0.2) is 34.9 Å². The number of para-hydroxylation sites is 1. The molecule has 1 amide bonds. The van der Waals surface area contributed by atoms with Gasteiger partial charge in [0.2, 0.25) is 11.9 Å². The summed E-state index contributed by atoms with van der Waals surface area (Å²) < 4.78 is 12.4. The van der Waals surface area contributed by atoms with E-state index in [4.69, 9.17) is 15.2 Å². The van der Waals surface area contributed by atoms with Crippen molar-refractivity contribution in [3.63, 3.8) is 0 Å². The number of allylic oxidation sites excluding steroid dienone is 1. The minimum atomic E-state index is -0.518. The van der Waals surface area contributed by atoms with E-state index in [9.17, 15) is 4.79 Å². The topological polar surface area (TPSA) is 104 Å². The third-order valence-electron chi connectivity index (χ3n) is 4.90. The van der Waals surface area contributed by atoms with Gasteiger partial charge >= 0.3 is 0 Å². The van der Waals surface area contributed by atoms with E-state index in [1.165, 1.54) is 0 Å². The van der Waals surface area contributed by atoms with E-state index < -0.39 is 11.9 Å². The Morgan fingerprint density at radius 2 is 1.83 bits per heavy atom. The first kappa shape index (κ1) is 18.5. The van der Waals surface area contributed by atoms with Crippen LogP contribution in [0.25, 0.3) is 11.4 Å². The number of rotatable bonds is 5. The molecule has 2 heterocycles. The number of hydrogen-bond acceptors (Lipinski definition) is 6. The second-order valence-electron chi connectivity index (χ2n) is 6.61. The first-order chi connectivity index (χ1) is 14.0. The highest BCUT2D eigenvalue weighted by Crippen LogP contribution is 2.37. The van der Waals surface area contributed by atoms with Gasteiger partial charge in [-0.3, -0.25) is 4.79 Å². The van der Waals surface area contributed by atoms with Crippen LogP contribution in [0.1, 0.15) is 18.5 Å². The van der Waals surface area contributed by atoms with Crippen molar-refractivity contribution in [2.75, 3.05) is 19.5 Å². The molecule has 8 nitrogen and oxygen atoms in total. The van der Waals surface area contributed by atoms with Gasteiger partial charge in [-0.15, -0.1) is 5.10 Å². The molecule has 0 saturated heterocycles. The Balaban J connectivity index is 1.87. The van der Waals surface area contributed by atoms with E-state index in [0.29, 0.717) is 28.8 Å². The number of fused-ring (bicyclic) bond motifs is 1. The number of carbonyl (C=O) groups excluding carboxylic acids is 1. The molecule has 1 aliphatic rings. The standard InChI is InChI=1S/C21H21N5O3/c1-12-17(19(22)27)18(13-8-10-14(28-2)11-9-13)26-21(23-12)24-20(25-26)15-6-4-5-7-16(15)29-3/h4-11,18H,1-3H3,(H2,22,27)(H,23,24,25)/t18-/m0/s1. The average Bonchev–Trinajstić information content (AvgIpc) is 3.16. The number of anilines is 1. The summed E-state index contributed by atoms with van der Waals surface area (Å²) in [6.45, 7) is 1.80. The molecule has 2 aromatic carbocycles. The van der Waals surface area contributed by atoms with Crippen molar-refractivity contribution in [3.8, 4) is 22.9 Å². The molecule has 3 N–H and O–H groups in total. The van der Waals surface area contributed by atoms with Crippen LogP contribution in [0.4, 0.5) is 5.95 Å². The molecular formula is C21H21N5O3. The average molecular weight is 391 g/mol. The predicted octanol–water partition coefficient (Wildman–Crippen LogP) is 2.74. The molecule has 1 atom stereocenters. The van der Waals surface area contributed by atoms with Crippen LogP contribution >= 0.6 is 0 Å². The lowest BCUT2D eigenvalue weighted by Crippen LogP contribution is -2.31. The molecule has 0 radical (unpaired) electrons. The van der Waals surface area contributed by atoms with Gasteiger partial charge in [0.15, 0.2) is 5.82 Å². The van der Waals surface area contributed by atoms with Gasteiger partial charge in [-0.25, -0.2) is 4.68 Å². The van der Waals surface area contributed by atoms with Crippen molar-refractivity contribution in [2.24, 2.45) is 5.73 Å². The van der Waals surface area contributed by atoms with E-state index in [1.807, 2.05) is 48.5 Å². The highest BCUT2D eigenvalue weighted by Gasteiger charge is 2.33. The van der Waals surface area contributed by atoms with E-state index in [-0.39, 0.29) is 0 Å². The number of methoxy groups -OCH3 is 2. The van der Waals surface area contributed by atoms with Crippen molar-refractivity contribution >= 4 is 11.9 Å². The quantitative estimate of drug-likeness (QED) is 0.693. The minimum Gasteiger partial charge on any atom is -0.497 e. The van der Waals surface area contributed by atoms with Crippen LogP contribution in [0.5, 0.6) is 11.5 Å². The lowest BCUT2D eigenvalue weighted by atomic mass is 9.95. The normalized spacial score (nSPS) is 15.5. The first-order valence-corrected chi connectivity index (χ1v) is 9.05. The smallest absolute Gasteiger partial charge is 0.248 e. The summed E-state index contributed by atoms with van der Waals surface area (Å²) in [5.41, 5.74) is 8.39. The van der Waals surface area contributed by atoms with Gasteiger partial charge in [0.1, 0.15) is 17.5 Å². The largest absolute Gasteiger partial charge is 0.497 e. The zero-order valence-corrected chi connectivity index (χ0v) is 16.3. The highest BCUT2D eigenvalue weighted by atomic mass is 16.5. The Kier molecular flexibility index (Phi) is 4.67. The molecular weight excluding hydrogens is 370 g/mol. The lowest BCUT2D eigenvalue weighted by molar-refractivity contribution is -0.115. The molecule has 8 heteroatoms. The van der Waals surface area contributed by atoms with E-state index in [1.54, 1.807) is 25.8 Å². The Morgan fingerprint density at radius 1 is 1.10 bits per heavy atom. The van der Waals surface area contributed by atoms with Gasteiger partial charge in [-0.2, -0.15) is 4.98 Å². The van der Waals surface area contributed by atoms with Gasteiger partial charge in [0, 0.05) is 5.70 Å². The Morgan fingerprint density at radius 3 is 2.48 bits per heavy atom. The van der Waals surface area contributed by atoms with Gasteiger partial charge in [-0.1, -0.05) is 24.3 Å². The van der Waals surface area contributed by atoms with E-state index >= 15 is 0 Å². The fraction of sp³-hybridized carbons (Fsp3) is 0.190. The number of amides is 1. The molecule has 29 heavy (non-hydrogen) atoms. The van der Waals surface area contributed by atoms with Crippen LogP contribution < -0.4 is 20.5 Å². The molecule has 148 valence electrons. The Bertz CT molecular complexity index is 1100. The lowest BCUT2D eigenvalue weighted by Gasteiger charge is -2.27. The SMILES string of the molecule is COc1ccc([C@H]2C(C(N)=O)=C(C)Nc3nc(-c4ccccc4OC)nn32)cc1. The van der Waals surface area contributed by atoms with Crippen LogP contribution in [0.2, 0.25) is 0 Å². The predicted molar refractivity (Wildman–Crippen MR) is 109 cm³/mol. The Hall–Kier alpha value is -3.81. The number of primary amides is 1. The molecule has 0 bridgehead atoms. The molecule has 1 aromatic heterocycles. The van der Waals surface area contributed by atoms with E-state index in [2.05, 4.69) is 15.4 Å². The van der Waals surface area contributed by atoms with Crippen molar-refractivity contribution < 1.29 is 14.3 Å². The monoisotopic (exact) mass is 391 g/mol. The van der Waals surface area contributed by atoms with E-state index in [0.717, 1.165) is 16.9 Å². The summed E-state index contributed by atoms with van der Waals surface area (Å²) in [5.74, 6) is 1.88. The summed E-state index contributed by atoms with van der Waals surface area (Å²) in [7, 11) is 3.21. The summed E-state index contributed by atoms with van der Waals surface area (Å²) in [5, 5.41) is 7.83. The zero-order chi connectivity index (χ0) is 20.5. The molecule has 0 spiro atoms. The summed E-state index contributed by atoms with van der Waals surface area (Å²) in [6.07, 6.45) is 0. The first-order valence-electron chi connectivity index (χ1n) is 9.05. The molecule has 0 aliphatic carbocycles. The number of carbonyl (C=O) groups is 1. The van der Waals surface area contributed by atoms with Crippen LogP contribution in [-0.2, 0) is 4.79 Å². The van der Waals surface area contributed by atoms with Crippen molar-refractivity contribution in [3.05, 3.63) is 65.4 Å². The zero-order valence-electron chi connectivity index (χ0n) is 16.3. The second kappa shape index (κ2) is 7.31.